The fourth-order valence-electron chi connectivity index (χ4n) is 3.26. The molecule has 0 aliphatic heterocycles. The van der Waals surface area contributed by atoms with Crippen LogP contribution in [0, 0.1) is 11.8 Å². The van der Waals surface area contributed by atoms with Gasteiger partial charge in [0.2, 0.25) is 0 Å². The van der Waals surface area contributed by atoms with Gasteiger partial charge in [0.1, 0.15) is 5.69 Å². The fraction of sp³-hybridized carbons (Fsp3) is 0.600. The number of aromatic nitrogens is 2. The number of hydrogen-bond acceptors (Lipinski definition) is 4. The van der Waals surface area contributed by atoms with Gasteiger partial charge in [-0.1, -0.05) is 32.1 Å². The summed E-state index contributed by atoms with van der Waals surface area (Å²) < 4.78 is 0. The van der Waals surface area contributed by atoms with Crippen LogP contribution in [0.4, 0.5) is 0 Å². The van der Waals surface area contributed by atoms with E-state index in [0.29, 0.717) is 5.92 Å². The Morgan fingerprint density at radius 3 is 2.38 bits per heavy atom. The van der Waals surface area contributed by atoms with Crippen molar-refractivity contribution in [2.24, 2.45) is 11.8 Å². The first-order valence-electron chi connectivity index (χ1n) is 7.51. The summed E-state index contributed by atoms with van der Waals surface area (Å²) >= 11 is 0. The van der Waals surface area contributed by atoms with Gasteiger partial charge in [0, 0.05) is 6.04 Å². The summed E-state index contributed by atoms with van der Waals surface area (Å²) in [5.41, 5.74) is 0.0207. The molecule has 2 fully saturated rings. The van der Waals surface area contributed by atoms with Crippen molar-refractivity contribution in [2.75, 3.05) is 0 Å². The van der Waals surface area contributed by atoms with E-state index in [1.165, 1.54) is 38.3 Å². The third kappa shape index (κ3) is 3.20. The molecule has 21 heavy (non-hydrogen) atoms. The summed E-state index contributed by atoms with van der Waals surface area (Å²) in [5.74, 6) is -0.0400. The summed E-state index contributed by atoms with van der Waals surface area (Å²) in [5, 5.41) is 11.7. The van der Waals surface area contributed by atoms with E-state index in [-0.39, 0.29) is 23.3 Å². The van der Waals surface area contributed by atoms with Crippen LogP contribution in [0.2, 0.25) is 0 Å². The van der Waals surface area contributed by atoms with E-state index in [0.717, 1.165) is 18.5 Å². The number of hydrogen-bond donors (Lipinski definition) is 2. The zero-order valence-electron chi connectivity index (χ0n) is 11.8. The molecule has 0 saturated heterocycles. The van der Waals surface area contributed by atoms with E-state index in [1.807, 2.05) is 0 Å². The number of nitrogens with zero attached hydrogens (tertiary/aromatic N) is 2. The van der Waals surface area contributed by atoms with Crippen molar-refractivity contribution < 1.29 is 14.7 Å². The van der Waals surface area contributed by atoms with Crippen molar-refractivity contribution >= 4 is 11.9 Å². The van der Waals surface area contributed by atoms with Gasteiger partial charge in [0.15, 0.2) is 5.69 Å². The SMILES string of the molecule is O=C(O)c1cnc(C(=O)N[C@@H]2C[C@H]2C2CCCCC2)cn1. The van der Waals surface area contributed by atoms with E-state index in [1.54, 1.807) is 0 Å². The lowest BCUT2D eigenvalue weighted by molar-refractivity contribution is 0.0689. The molecule has 2 saturated carbocycles. The second-order valence-electron chi connectivity index (χ2n) is 5.97. The first kappa shape index (κ1) is 14.0. The van der Waals surface area contributed by atoms with Gasteiger partial charge in [-0.05, 0) is 18.3 Å². The lowest BCUT2D eigenvalue weighted by Gasteiger charge is -2.21. The Morgan fingerprint density at radius 1 is 1.10 bits per heavy atom. The minimum atomic E-state index is -1.14. The zero-order valence-corrected chi connectivity index (χ0v) is 11.8. The molecule has 2 aliphatic rings. The molecule has 6 nitrogen and oxygen atoms in total. The second-order valence-corrected chi connectivity index (χ2v) is 5.97. The lowest BCUT2D eigenvalue weighted by atomic mass is 9.85. The van der Waals surface area contributed by atoms with Crippen molar-refractivity contribution in [2.45, 2.75) is 44.6 Å². The molecule has 1 heterocycles. The van der Waals surface area contributed by atoms with Gasteiger partial charge in [-0.3, -0.25) is 4.79 Å². The third-order valence-electron chi connectivity index (χ3n) is 4.52. The van der Waals surface area contributed by atoms with Crippen LogP contribution in [0.3, 0.4) is 0 Å². The van der Waals surface area contributed by atoms with Gasteiger partial charge >= 0.3 is 5.97 Å². The summed E-state index contributed by atoms with van der Waals surface area (Å²) in [7, 11) is 0. The Labute approximate surface area is 123 Å². The monoisotopic (exact) mass is 289 g/mol. The number of amides is 1. The van der Waals surface area contributed by atoms with Gasteiger partial charge in [0.25, 0.3) is 5.91 Å². The van der Waals surface area contributed by atoms with Crippen LogP contribution < -0.4 is 5.32 Å². The largest absolute Gasteiger partial charge is 0.476 e. The van der Waals surface area contributed by atoms with E-state index in [4.69, 9.17) is 5.11 Å². The Hall–Kier alpha value is -1.98. The predicted molar refractivity (Wildman–Crippen MR) is 74.9 cm³/mol. The predicted octanol–water partition coefficient (Wildman–Crippen LogP) is 1.87. The van der Waals surface area contributed by atoms with Crippen LogP contribution in [-0.4, -0.2) is 33.0 Å². The normalized spacial score (nSPS) is 25.3. The molecule has 0 aromatic carbocycles. The van der Waals surface area contributed by atoms with E-state index in [9.17, 15) is 9.59 Å². The molecule has 0 bridgehead atoms. The minimum absolute atomic E-state index is 0.155. The number of carbonyl (C=O) groups is 2. The number of aromatic carboxylic acids is 1. The first-order chi connectivity index (χ1) is 10.1. The van der Waals surface area contributed by atoms with E-state index in [2.05, 4.69) is 15.3 Å². The quantitative estimate of drug-likeness (QED) is 0.882. The molecule has 0 spiro atoms. The standard InChI is InChI=1S/C15H19N3O3/c19-14(12-7-17-13(8-16-12)15(20)21)18-11-6-10(11)9-4-2-1-3-5-9/h7-11H,1-6H2,(H,18,19)(H,20,21)/t10-,11+/m0/s1. The van der Waals surface area contributed by atoms with Crippen molar-refractivity contribution in [3.63, 3.8) is 0 Å². The summed E-state index contributed by atoms with van der Waals surface area (Å²) in [6.45, 7) is 0. The van der Waals surface area contributed by atoms with Crippen LogP contribution >= 0.6 is 0 Å². The Bertz CT molecular complexity index is 538. The maximum Gasteiger partial charge on any atom is 0.356 e. The molecule has 1 aromatic rings. The van der Waals surface area contributed by atoms with Crippen LogP contribution in [0.1, 0.15) is 59.5 Å². The van der Waals surface area contributed by atoms with Gasteiger partial charge in [0.05, 0.1) is 12.4 Å². The highest BCUT2D eigenvalue weighted by atomic mass is 16.4. The highest BCUT2D eigenvalue weighted by molar-refractivity contribution is 5.93. The Balaban J connectivity index is 1.54. The van der Waals surface area contributed by atoms with Crippen molar-refractivity contribution in [3.05, 3.63) is 23.8 Å². The van der Waals surface area contributed by atoms with Gasteiger partial charge in [-0.15, -0.1) is 0 Å². The maximum absolute atomic E-state index is 12.0. The average molecular weight is 289 g/mol. The van der Waals surface area contributed by atoms with Crippen LogP contribution in [0.5, 0.6) is 0 Å². The molecule has 112 valence electrons. The second kappa shape index (κ2) is 5.79. The molecule has 6 heteroatoms. The number of carboxylic acids is 1. The lowest BCUT2D eigenvalue weighted by Crippen LogP contribution is -2.29. The Morgan fingerprint density at radius 2 is 1.76 bits per heavy atom. The number of carboxylic acid groups (broad SMARTS) is 1. The number of carbonyl (C=O) groups excluding carboxylic acids is 1. The molecule has 1 amide bonds. The zero-order chi connectivity index (χ0) is 14.8. The summed E-state index contributed by atoms with van der Waals surface area (Å²) in [4.78, 5) is 30.3. The van der Waals surface area contributed by atoms with Gasteiger partial charge in [-0.25, -0.2) is 14.8 Å². The fourth-order valence-corrected chi connectivity index (χ4v) is 3.26. The number of nitrogens with one attached hydrogen (secondary N) is 1. The summed E-state index contributed by atoms with van der Waals surface area (Å²) in [6, 6.07) is 0.251. The average Bonchev–Trinajstić information content (AvgIpc) is 3.27. The molecule has 3 rings (SSSR count). The first-order valence-corrected chi connectivity index (χ1v) is 7.51. The van der Waals surface area contributed by atoms with Crippen molar-refractivity contribution in [3.8, 4) is 0 Å². The van der Waals surface area contributed by atoms with E-state index >= 15 is 0 Å². The molecule has 1 aromatic heterocycles. The minimum Gasteiger partial charge on any atom is -0.476 e. The van der Waals surface area contributed by atoms with Crippen molar-refractivity contribution in [1.82, 2.24) is 15.3 Å². The van der Waals surface area contributed by atoms with Crippen LogP contribution in [0.15, 0.2) is 12.4 Å². The topological polar surface area (TPSA) is 92.2 Å². The highest BCUT2D eigenvalue weighted by Gasteiger charge is 2.43. The molecule has 2 atom stereocenters. The number of rotatable bonds is 4. The molecular weight excluding hydrogens is 270 g/mol. The molecule has 0 radical (unpaired) electrons. The maximum atomic E-state index is 12.0. The smallest absolute Gasteiger partial charge is 0.356 e. The van der Waals surface area contributed by atoms with Crippen LogP contribution in [-0.2, 0) is 0 Å². The summed E-state index contributed by atoms with van der Waals surface area (Å²) in [6.07, 6.45) is 9.91. The third-order valence-corrected chi connectivity index (χ3v) is 4.52. The van der Waals surface area contributed by atoms with Crippen molar-refractivity contribution in [1.29, 1.82) is 0 Å². The molecule has 2 aliphatic carbocycles. The van der Waals surface area contributed by atoms with Crippen LogP contribution in [0.25, 0.3) is 0 Å². The highest BCUT2D eigenvalue weighted by Crippen LogP contribution is 2.44. The molecule has 2 N–H and O–H groups in total. The van der Waals surface area contributed by atoms with Gasteiger partial charge < -0.3 is 10.4 Å². The molecule has 0 unspecified atom stereocenters. The van der Waals surface area contributed by atoms with E-state index < -0.39 is 5.97 Å². The molecular formula is C15H19N3O3. The Kier molecular flexibility index (Phi) is 3.86. The van der Waals surface area contributed by atoms with Gasteiger partial charge in [-0.2, -0.15) is 0 Å².